The minimum atomic E-state index is -1.10. The first kappa shape index (κ1) is 22.8. The van der Waals surface area contributed by atoms with Gasteiger partial charge < -0.3 is 9.84 Å². The number of rotatable bonds is 6. The third-order valence-corrected chi connectivity index (χ3v) is 6.86. The number of hydrogen-bond acceptors (Lipinski definition) is 3. The molecular formula is C27H30ClNO3. The molecule has 4 rings (SSSR count). The molecule has 0 spiro atoms. The molecule has 1 unspecified atom stereocenters. The molecule has 1 aliphatic rings. The van der Waals surface area contributed by atoms with E-state index < -0.39 is 17.7 Å². The Balaban J connectivity index is 1.95. The lowest BCUT2D eigenvalue weighted by Crippen LogP contribution is -2.35. The van der Waals surface area contributed by atoms with Crippen molar-refractivity contribution in [2.45, 2.75) is 71.0 Å². The predicted octanol–water partition coefficient (Wildman–Crippen LogP) is 7.29. The Morgan fingerprint density at radius 1 is 1.16 bits per heavy atom. The Morgan fingerprint density at radius 3 is 2.47 bits per heavy atom. The van der Waals surface area contributed by atoms with Gasteiger partial charge in [-0.3, -0.25) is 4.98 Å². The lowest BCUT2D eigenvalue weighted by molar-refractivity contribution is -0.167. The van der Waals surface area contributed by atoms with Gasteiger partial charge in [-0.15, -0.1) is 0 Å². The molecule has 1 fully saturated rings. The first-order valence-corrected chi connectivity index (χ1v) is 11.8. The van der Waals surface area contributed by atoms with E-state index >= 15 is 0 Å². The molecule has 2 aromatic carbocycles. The second-order valence-corrected chi connectivity index (χ2v) is 9.48. The number of fused-ring (bicyclic) bond motifs is 1. The second kappa shape index (κ2) is 9.21. The number of carboxylic acids is 1. The van der Waals surface area contributed by atoms with E-state index in [0.717, 1.165) is 54.1 Å². The van der Waals surface area contributed by atoms with Gasteiger partial charge in [0.15, 0.2) is 6.10 Å². The molecule has 0 amide bonds. The largest absolute Gasteiger partial charge is 0.479 e. The molecule has 1 N–H and O–H groups in total. The zero-order valence-electron chi connectivity index (χ0n) is 19.0. The van der Waals surface area contributed by atoms with Crippen LogP contribution in [0.2, 0.25) is 5.02 Å². The minimum absolute atomic E-state index is 0.458. The fraction of sp³-hybridized carbons (Fsp3) is 0.407. The van der Waals surface area contributed by atoms with Crippen molar-refractivity contribution >= 4 is 28.5 Å². The zero-order valence-corrected chi connectivity index (χ0v) is 19.7. The summed E-state index contributed by atoms with van der Waals surface area (Å²) in [7, 11) is 0. The van der Waals surface area contributed by atoms with Gasteiger partial charge in [0.05, 0.1) is 11.1 Å². The number of aryl methyl sites for hydroxylation is 2. The van der Waals surface area contributed by atoms with Crippen LogP contribution >= 0.6 is 11.6 Å². The molecule has 1 atom stereocenters. The maximum absolute atomic E-state index is 12.6. The highest BCUT2D eigenvalue weighted by molar-refractivity contribution is 6.31. The van der Waals surface area contributed by atoms with Crippen molar-refractivity contribution in [1.82, 2.24) is 4.98 Å². The van der Waals surface area contributed by atoms with Crippen LogP contribution in [0.4, 0.5) is 0 Å². The molecule has 1 heterocycles. The lowest BCUT2D eigenvalue weighted by Gasteiger charge is -2.36. The zero-order chi connectivity index (χ0) is 22.9. The van der Waals surface area contributed by atoms with Crippen LogP contribution in [0.3, 0.4) is 0 Å². The van der Waals surface area contributed by atoms with E-state index in [1.54, 1.807) is 0 Å². The highest BCUT2D eigenvalue weighted by Crippen LogP contribution is 2.42. The number of ether oxygens (including phenoxy) is 1. The molecule has 5 heteroatoms. The summed E-state index contributed by atoms with van der Waals surface area (Å²) >= 11 is 6.36. The second-order valence-electron chi connectivity index (χ2n) is 9.04. The van der Waals surface area contributed by atoms with E-state index in [4.69, 9.17) is 21.3 Å². The summed E-state index contributed by atoms with van der Waals surface area (Å²) in [4.78, 5) is 17.3. The van der Waals surface area contributed by atoms with Gasteiger partial charge in [-0.1, -0.05) is 62.1 Å². The summed E-state index contributed by atoms with van der Waals surface area (Å²) in [6.07, 6.45) is 4.84. The average Bonchev–Trinajstić information content (AvgIpc) is 2.78. The summed E-state index contributed by atoms with van der Waals surface area (Å²) in [5.74, 6) is -0.991. The highest BCUT2D eigenvalue weighted by Gasteiger charge is 2.37. The number of halogens is 1. The summed E-state index contributed by atoms with van der Waals surface area (Å²) in [5, 5.41) is 11.7. The Bertz CT molecular complexity index is 1130. The number of nitrogens with zero attached hydrogens (tertiary/aromatic N) is 1. The number of aliphatic carboxylic acids is 1. The molecule has 1 saturated carbocycles. The van der Waals surface area contributed by atoms with Gasteiger partial charge in [-0.25, -0.2) is 4.79 Å². The van der Waals surface area contributed by atoms with E-state index in [1.807, 2.05) is 32.0 Å². The molecule has 0 aliphatic heterocycles. The number of aromatic nitrogens is 1. The molecule has 32 heavy (non-hydrogen) atoms. The third kappa shape index (κ3) is 4.53. The topological polar surface area (TPSA) is 59.4 Å². The molecule has 3 aromatic rings. The van der Waals surface area contributed by atoms with Crippen molar-refractivity contribution in [1.29, 1.82) is 0 Å². The van der Waals surface area contributed by atoms with E-state index in [-0.39, 0.29) is 0 Å². The number of hydrogen-bond donors (Lipinski definition) is 1. The molecule has 0 radical (unpaired) electrons. The number of pyridine rings is 1. The van der Waals surface area contributed by atoms with Crippen molar-refractivity contribution in [3.05, 3.63) is 64.3 Å². The van der Waals surface area contributed by atoms with Crippen molar-refractivity contribution in [3.63, 3.8) is 0 Å². The van der Waals surface area contributed by atoms with Crippen LogP contribution in [-0.2, 0) is 16.0 Å². The Kier molecular flexibility index (Phi) is 6.55. The molecule has 0 saturated heterocycles. The van der Waals surface area contributed by atoms with Gasteiger partial charge in [0, 0.05) is 21.7 Å². The van der Waals surface area contributed by atoms with Crippen molar-refractivity contribution in [3.8, 4) is 11.1 Å². The Labute approximate surface area is 194 Å². The predicted molar refractivity (Wildman–Crippen MR) is 129 cm³/mol. The van der Waals surface area contributed by atoms with Gasteiger partial charge >= 0.3 is 5.97 Å². The van der Waals surface area contributed by atoms with Gasteiger partial charge in [0.2, 0.25) is 0 Å². The van der Waals surface area contributed by atoms with Crippen molar-refractivity contribution in [2.75, 3.05) is 0 Å². The van der Waals surface area contributed by atoms with E-state index in [9.17, 15) is 9.90 Å². The Hall–Kier alpha value is -2.43. The SMILES string of the molecule is CCc1ccc(-c2c(C(OC3(C)CCCCC3)C(=O)O)c(C)nc3ccc(Cl)cc23)cc1. The Morgan fingerprint density at radius 2 is 1.84 bits per heavy atom. The van der Waals surface area contributed by atoms with Gasteiger partial charge in [-0.05, 0) is 68.0 Å². The normalized spacial score (nSPS) is 16.8. The molecular weight excluding hydrogens is 422 g/mol. The standard InChI is InChI=1S/C27H30ClNO3/c1-4-18-8-10-19(11-9-18)24-21-16-20(28)12-13-22(21)29-17(2)23(24)25(26(30)31)32-27(3)14-6-5-7-15-27/h8-13,16,25H,4-7,14-15H2,1-3H3,(H,30,31). The lowest BCUT2D eigenvalue weighted by atomic mass is 9.85. The number of benzene rings is 2. The van der Waals surface area contributed by atoms with Crippen LogP contribution < -0.4 is 0 Å². The quantitative estimate of drug-likeness (QED) is 0.427. The minimum Gasteiger partial charge on any atom is -0.479 e. The first-order chi connectivity index (χ1) is 15.3. The van der Waals surface area contributed by atoms with E-state index in [1.165, 1.54) is 12.0 Å². The smallest absolute Gasteiger partial charge is 0.337 e. The first-order valence-electron chi connectivity index (χ1n) is 11.4. The van der Waals surface area contributed by atoms with Crippen LogP contribution in [0.15, 0.2) is 42.5 Å². The number of carboxylic acid groups (broad SMARTS) is 1. The van der Waals surface area contributed by atoms with Crippen LogP contribution in [-0.4, -0.2) is 21.7 Å². The van der Waals surface area contributed by atoms with Crippen LogP contribution in [0.5, 0.6) is 0 Å². The molecule has 1 aliphatic carbocycles. The summed E-state index contributed by atoms with van der Waals surface area (Å²) in [6.45, 7) is 6.03. The van der Waals surface area contributed by atoms with Crippen LogP contribution in [0.1, 0.15) is 68.9 Å². The molecule has 4 nitrogen and oxygen atoms in total. The van der Waals surface area contributed by atoms with Gasteiger partial charge in [0.25, 0.3) is 0 Å². The van der Waals surface area contributed by atoms with Gasteiger partial charge in [-0.2, -0.15) is 0 Å². The molecule has 1 aromatic heterocycles. The maximum atomic E-state index is 12.6. The highest BCUT2D eigenvalue weighted by atomic mass is 35.5. The summed E-state index contributed by atoms with van der Waals surface area (Å²) < 4.78 is 6.42. The third-order valence-electron chi connectivity index (χ3n) is 6.63. The fourth-order valence-electron chi connectivity index (χ4n) is 4.85. The van der Waals surface area contributed by atoms with Crippen LogP contribution in [0, 0.1) is 6.92 Å². The summed E-state index contributed by atoms with van der Waals surface area (Å²) in [6, 6.07) is 13.9. The van der Waals surface area contributed by atoms with Crippen LogP contribution in [0.25, 0.3) is 22.0 Å². The average molecular weight is 452 g/mol. The van der Waals surface area contributed by atoms with Crippen molar-refractivity contribution < 1.29 is 14.6 Å². The van der Waals surface area contributed by atoms with E-state index in [0.29, 0.717) is 16.3 Å². The monoisotopic (exact) mass is 451 g/mol. The number of carbonyl (C=O) groups is 1. The molecule has 168 valence electrons. The van der Waals surface area contributed by atoms with E-state index in [2.05, 4.69) is 31.2 Å². The maximum Gasteiger partial charge on any atom is 0.337 e. The molecule has 0 bridgehead atoms. The summed E-state index contributed by atoms with van der Waals surface area (Å²) in [5.41, 5.74) is 4.62. The van der Waals surface area contributed by atoms with Gasteiger partial charge in [0.1, 0.15) is 0 Å². The fourth-order valence-corrected chi connectivity index (χ4v) is 5.02. The van der Waals surface area contributed by atoms with Crippen molar-refractivity contribution in [2.24, 2.45) is 0 Å².